The first kappa shape index (κ1) is 13.1. The normalized spacial score (nSPS) is 10.6. The molecule has 1 aromatic carbocycles. The third-order valence-electron chi connectivity index (χ3n) is 2.34. The molecular formula is C12H18N2OS. The number of benzene rings is 1. The Morgan fingerprint density at radius 2 is 1.94 bits per heavy atom. The molecule has 0 aromatic heterocycles. The van der Waals surface area contributed by atoms with Gasteiger partial charge in [0, 0.05) is 26.1 Å². The van der Waals surface area contributed by atoms with Crippen LogP contribution in [0.25, 0.3) is 0 Å². The summed E-state index contributed by atoms with van der Waals surface area (Å²) in [5.74, 6) is 0. The third-order valence-corrected chi connectivity index (χ3v) is 2.54. The van der Waals surface area contributed by atoms with E-state index in [9.17, 15) is 0 Å². The zero-order valence-corrected chi connectivity index (χ0v) is 10.1. The minimum atomic E-state index is 0.157. The van der Waals surface area contributed by atoms with Crippen molar-refractivity contribution in [1.82, 2.24) is 4.90 Å². The molecule has 0 heterocycles. The van der Waals surface area contributed by atoms with Crippen LogP contribution in [-0.4, -0.2) is 34.7 Å². The molecule has 0 spiro atoms. The molecule has 88 valence electrons. The predicted molar refractivity (Wildman–Crippen MR) is 70.2 cm³/mol. The summed E-state index contributed by atoms with van der Waals surface area (Å²) in [6.07, 6.45) is 0.697. The highest BCUT2D eigenvalue weighted by molar-refractivity contribution is 7.80. The van der Waals surface area contributed by atoms with Gasteiger partial charge in [0.2, 0.25) is 0 Å². The highest BCUT2D eigenvalue weighted by Gasteiger charge is 2.05. The zero-order valence-electron chi connectivity index (χ0n) is 9.30. The average Bonchev–Trinajstić information content (AvgIpc) is 2.27. The number of nitrogens with two attached hydrogens (primary N) is 1. The van der Waals surface area contributed by atoms with E-state index in [0.717, 1.165) is 13.1 Å². The number of rotatable bonds is 7. The summed E-state index contributed by atoms with van der Waals surface area (Å²) in [5, 5.41) is 8.97. The molecule has 0 atom stereocenters. The molecular weight excluding hydrogens is 220 g/mol. The summed E-state index contributed by atoms with van der Waals surface area (Å²) >= 11 is 4.85. The topological polar surface area (TPSA) is 49.5 Å². The van der Waals surface area contributed by atoms with Crippen molar-refractivity contribution in [3.63, 3.8) is 0 Å². The standard InChI is InChI=1S/C12H18N2OS/c13-12(16)6-7-14(8-9-15)10-11-4-2-1-3-5-11/h1-5,15H,6-10H2,(H2,13,16). The maximum Gasteiger partial charge on any atom is 0.0740 e. The van der Waals surface area contributed by atoms with Crippen LogP contribution in [0.1, 0.15) is 12.0 Å². The molecule has 0 aliphatic heterocycles. The van der Waals surface area contributed by atoms with Crippen molar-refractivity contribution in [2.45, 2.75) is 13.0 Å². The smallest absolute Gasteiger partial charge is 0.0740 e. The lowest BCUT2D eigenvalue weighted by molar-refractivity contribution is 0.194. The highest BCUT2D eigenvalue weighted by Crippen LogP contribution is 2.04. The van der Waals surface area contributed by atoms with Crippen LogP contribution in [0.5, 0.6) is 0 Å². The van der Waals surface area contributed by atoms with Gasteiger partial charge < -0.3 is 10.8 Å². The van der Waals surface area contributed by atoms with Gasteiger partial charge in [0.05, 0.1) is 11.6 Å². The minimum absolute atomic E-state index is 0.157. The fourth-order valence-electron chi connectivity index (χ4n) is 1.52. The second-order valence-electron chi connectivity index (χ2n) is 3.70. The van der Waals surface area contributed by atoms with Crippen LogP contribution in [0.15, 0.2) is 30.3 Å². The lowest BCUT2D eigenvalue weighted by atomic mass is 10.2. The first-order chi connectivity index (χ1) is 7.72. The molecule has 1 aromatic rings. The van der Waals surface area contributed by atoms with Crippen LogP contribution in [0, 0.1) is 0 Å². The van der Waals surface area contributed by atoms with E-state index >= 15 is 0 Å². The predicted octanol–water partition coefficient (Wildman–Crippen LogP) is 1.16. The summed E-state index contributed by atoms with van der Waals surface area (Å²) < 4.78 is 0. The van der Waals surface area contributed by atoms with Gasteiger partial charge in [0.15, 0.2) is 0 Å². The van der Waals surface area contributed by atoms with Crippen molar-refractivity contribution in [1.29, 1.82) is 0 Å². The van der Waals surface area contributed by atoms with Crippen LogP contribution < -0.4 is 5.73 Å². The summed E-state index contributed by atoms with van der Waals surface area (Å²) in [4.78, 5) is 2.67. The Hall–Kier alpha value is -0.970. The fraction of sp³-hybridized carbons (Fsp3) is 0.417. The molecule has 4 heteroatoms. The third kappa shape index (κ3) is 5.21. The molecule has 0 unspecified atom stereocenters. The molecule has 0 fully saturated rings. The van der Waals surface area contributed by atoms with Crippen molar-refractivity contribution in [2.75, 3.05) is 19.7 Å². The lowest BCUT2D eigenvalue weighted by Gasteiger charge is -2.20. The second kappa shape index (κ2) is 7.33. The molecule has 0 aliphatic carbocycles. The van der Waals surface area contributed by atoms with Crippen molar-refractivity contribution in [2.24, 2.45) is 5.73 Å². The van der Waals surface area contributed by atoms with E-state index < -0.39 is 0 Å². The number of hydrogen-bond acceptors (Lipinski definition) is 3. The SMILES string of the molecule is NC(=S)CCN(CCO)Cc1ccccc1. The van der Waals surface area contributed by atoms with E-state index in [4.69, 9.17) is 23.1 Å². The van der Waals surface area contributed by atoms with E-state index in [-0.39, 0.29) is 6.61 Å². The maximum absolute atomic E-state index is 8.97. The first-order valence-corrected chi connectivity index (χ1v) is 5.78. The fourth-order valence-corrected chi connectivity index (χ4v) is 1.61. The molecule has 1 rings (SSSR count). The Morgan fingerprint density at radius 3 is 2.50 bits per heavy atom. The Bertz CT molecular complexity index is 316. The number of hydrogen-bond donors (Lipinski definition) is 2. The van der Waals surface area contributed by atoms with Crippen LogP contribution in [-0.2, 0) is 6.54 Å². The lowest BCUT2D eigenvalue weighted by Crippen LogP contribution is -2.29. The Morgan fingerprint density at radius 1 is 1.25 bits per heavy atom. The monoisotopic (exact) mass is 238 g/mol. The van der Waals surface area contributed by atoms with Crippen molar-refractivity contribution < 1.29 is 5.11 Å². The van der Waals surface area contributed by atoms with E-state index in [2.05, 4.69) is 17.0 Å². The number of aliphatic hydroxyl groups excluding tert-OH is 1. The van der Waals surface area contributed by atoms with Gasteiger partial charge in [-0.25, -0.2) is 0 Å². The van der Waals surface area contributed by atoms with E-state index in [1.54, 1.807) is 0 Å². The molecule has 0 amide bonds. The maximum atomic E-state index is 8.97. The quantitative estimate of drug-likeness (QED) is 0.700. The minimum Gasteiger partial charge on any atom is -0.395 e. The van der Waals surface area contributed by atoms with Gasteiger partial charge in [-0.1, -0.05) is 42.5 Å². The van der Waals surface area contributed by atoms with Crippen LogP contribution >= 0.6 is 12.2 Å². The molecule has 0 bridgehead atoms. The molecule has 0 radical (unpaired) electrons. The Kier molecular flexibility index (Phi) is 6.00. The highest BCUT2D eigenvalue weighted by atomic mass is 32.1. The van der Waals surface area contributed by atoms with Crippen LogP contribution in [0.2, 0.25) is 0 Å². The second-order valence-corrected chi connectivity index (χ2v) is 4.23. The number of thiocarbonyl (C=S) groups is 1. The first-order valence-electron chi connectivity index (χ1n) is 5.38. The zero-order chi connectivity index (χ0) is 11.8. The van der Waals surface area contributed by atoms with Gasteiger partial charge in [0.25, 0.3) is 0 Å². The largest absolute Gasteiger partial charge is 0.395 e. The van der Waals surface area contributed by atoms with Gasteiger partial charge in [-0.2, -0.15) is 0 Å². The number of nitrogens with zero attached hydrogens (tertiary/aromatic N) is 1. The average molecular weight is 238 g/mol. The van der Waals surface area contributed by atoms with Crippen molar-refractivity contribution >= 4 is 17.2 Å². The molecule has 0 aliphatic rings. The molecule has 3 N–H and O–H groups in total. The van der Waals surface area contributed by atoms with Gasteiger partial charge in [-0.3, -0.25) is 4.90 Å². The van der Waals surface area contributed by atoms with Crippen molar-refractivity contribution in [3.8, 4) is 0 Å². The number of aliphatic hydroxyl groups is 1. The molecule has 16 heavy (non-hydrogen) atoms. The molecule has 0 saturated heterocycles. The van der Waals surface area contributed by atoms with E-state index in [1.807, 2.05) is 18.2 Å². The molecule has 3 nitrogen and oxygen atoms in total. The summed E-state index contributed by atoms with van der Waals surface area (Å²) in [6, 6.07) is 10.2. The van der Waals surface area contributed by atoms with Crippen LogP contribution in [0.3, 0.4) is 0 Å². The Labute approximate surface area is 102 Å². The van der Waals surface area contributed by atoms with E-state index in [0.29, 0.717) is 18.0 Å². The van der Waals surface area contributed by atoms with Gasteiger partial charge >= 0.3 is 0 Å². The van der Waals surface area contributed by atoms with Gasteiger partial charge in [0.1, 0.15) is 0 Å². The van der Waals surface area contributed by atoms with Gasteiger partial charge in [-0.05, 0) is 5.56 Å². The summed E-state index contributed by atoms with van der Waals surface area (Å²) in [6.45, 7) is 2.43. The molecule has 0 saturated carbocycles. The van der Waals surface area contributed by atoms with E-state index in [1.165, 1.54) is 5.56 Å². The van der Waals surface area contributed by atoms with Crippen LogP contribution in [0.4, 0.5) is 0 Å². The summed E-state index contributed by atoms with van der Waals surface area (Å²) in [5.41, 5.74) is 6.71. The summed E-state index contributed by atoms with van der Waals surface area (Å²) in [7, 11) is 0. The van der Waals surface area contributed by atoms with Gasteiger partial charge in [-0.15, -0.1) is 0 Å². The Balaban J connectivity index is 2.47. The van der Waals surface area contributed by atoms with Crippen molar-refractivity contribution in [3.05, 3.63) is 35.9 Å².